The predicted molar refractivity (Wildman–Crippen MR) is 149 cm³/mol. The van der Waals surface area contributed by atoms with E-state index >= 15 is 0 Å². The van der Waals surface area contributed by atoms with E-state index in [0.29, 0.717) is 49.2 Å². The van der Waals surface area contributed by atoms with Gasteiger partial charge >= 0.3 is 0 Å². The van der Waals surface area contributed by atoms with Crippen LogP contribution in [0.3, 0.4) is 0 Å². The van der Waals surface area contributed by atoms with Crippen LogP contribution in [0, 0.1) is 17.1 Å². The molecule has 39 heavy (non-hydrogen) atoms. The third kappa shape index (κ3) is 4.56. The zero-order valence-electron chi connectivity index (χ0n) is 21.5. The van der Waals surface area contributed by atoms with Crippen molar-refractivity contribution in [2.45, 2.75) is 38.3 Å². The molecule has 11 heteroatoms. The molecule has 2 aliphatic heterocycles. The molecule has 4 aromatic rings. The Morgan fingerprint density at radius 1 is 1.13 bits per heavy atom. The highest BCUT2D eigenvalue weighted by molar-refractivity contribution is 6.35. The second-order valence-corrected chi connectivity index (χ2v) is 11.2. The van der Waals surface area contributed by atoms with Gasteiger partial charge in [0.15, 0.2) is 11.6 Å². The Morgan fingerprint density at radius 3 is 2.54 bits per heavy atom. The molecule has 0 radical (unpaired) electrons. The van der Waals surface area contributed by atoms with E-state index in [1.807, 2.05) is 0 Å². The minimum Gasteiger partial charge on any atom is -0.483 e. The second-order valence-electron chi connectivity index (χ2n) is 10.4. The maximum Gasteiger partial charge on any atom is 0.167 e. The summed E-state index contributed by atoms with van der Waals surface area (Å²) < 4.78 is 20.9. The number of likely N-dealkylation sites (tertiary alicyclic amines) is 1. The highest BCUT2D eigenvalue weighted by Crippen LogP contribution is 2.38. The lowest BCUT2D eigenvalue weighted by Gasteiger charge is -2.53. The van der Waals surface area contributed by atoms with Gasteiger partial charge in [-0.3, -0.25) is 15.0 Å². The van der Waals surface area contributed by atoms with Crippen molar-refractivity contribution in [1.29, 1.82) is 5.26 Å². The molecule has 0 aliphatic carbocycles. The van der Waals surface area contributed by atoms with Gasteiger partial charge in [0.25, 0.3) is 0 Å². The maximum absolute atomic E-state index is 15.0. The quantitative estimate of drug-likeness (QED) is 0.299. The second kappa shape index (κ2) is 9.94. The van der Waals surface area contributed by atoms with Crippen LogP contribution in [0.1, 0.15) is 43.9 Å². The fraction of sp³-hybridized carbons (Fsp3) is 0.357. The molecule has 8 nitrogen and oxygen atoms in total. The van der Waals surface area contributed by atoms with Crippen LogP contribution in [0.15, 0.2) is 36.8 Å². The lowest BCUT2D eigenvalue weighted by molar-refractivity contribution is 0.101. The Labute approximate surface area is 235 Å². The van der Waals surface area contributed by atoms with E-state index in [9.17, 15) is 9.65 Å². The topological polar surface area (TPSA) is 94.0 Å². The Hall–Kier alpha value is -3.45. The van der Waals surface area contributed by atoms with Crippen molar-refractivity contribution < 1.29 is 9.13 Å². The van der Waals surface area contributed by atoms with Gasteiger partial charge in [-0.05, 0) is 51.9 Å². The minimum absolute atomic E-state index is 0.0217. The molecule has 0 bridgehead atoms. The van der Waals surface area contributed by atoms with E-state index in [1.165, 1.54) is 31.3 Å². The summed E-state index contributed by atoms with van der Waals surface area (Å²) in [5, 5.41) is 18.5. The third-order valence-corrected chi connectivity index (χ3v) is 8.31. The number of fused-ring (bicyclic) bond motifs is 1. The first-order chi connectivity index (χ1) is 18.8. The van der Waals surface area contributed by atoms with E-state index in [0.717, 1.165) is 26.2 Å². The molecule has 3 aromatic heterocycles. The van der Waals surface area contributed by atoms with Crippen LogP contribution < -0.4 is 9.64 Å². The zero-order valence-corrected chi connectivity index (χ0v) is 23.0. The number of nitriles is 1. The van der Waals surface area contributed by atoms with Gasteiger partial charge < -0.3 is 9.64 Å². The number of H-pyrrole nitrogens is 1. The van der Waals surface area contributed by atoms with Crippen molar-refractivity contribution >= 4 is 39.9 Å². The first-order valence-corrected chi connectivity index (χ1v) is 13.6. The van der Waals surface area contributed by atoms with Crippen LogP contribution in [0.2, 0.25) is 10.0 Å². The third-order valence-electron chi connectivity index (χ3n) is 7.71. The van der Waals surface area contributed by atoms with Crippen LogP contribution >= 0.6 is 23.2 Å². The van der Waals surface area contributed by atoms with E-state index in [-0.39, 0.29) is 11.3 Å². The van der Waals surface area contributed by atoms with E-state index in [2.05, 4.69) is 43.0 Å². The van der Waals surface area contributed by atoms with Gasteiger partial charge in [0.1, 0.15) is 23.7 Å². The fourth-order valence-electron chi connectivity index (χ4n) is 5.69. The fourth-order valence-corrected chi connectivity index (χ4v) is 6.36. The number of nitrogens with zero attached hydrogens (tertiary/aromatic N) is 6. The number of nitrogens with one attached hydrogen (secondary N) is 1. The number of pyridine rings is 2. The van der Waals surface area contributed by atoms with Crippen LogP contribution in [0.25, 0.3) is 22.2 Å². The average Bonchev–Trinajstić information content (AvgIpc) is 3.57. The summed E-state index contributed by atoms with van der Waals surface area (Å²) in [5.41, 5.74) is 2.80. The van der Waals surface area contributed by atoms with Crippen molar-refractivity contribution in [3.63, 3.8) is 0 Å². The summed E-state index contributed by atoms with van der Waals surface area (Å²) in [5.74, 6) is 0.136. The number of hydrogen-bond donors (Lipinski definition) is 1. The molecule has 0 unspecified atom stereocenters. The first kappa shape index (κ1) is 25.8. The van der Waals surface area contributed by atoms with Crippen LogP contribution in [-0.4, -0.2) is 56.8 Å². The van der Waals surface area contributed by atoms with Gasteiger partial charge in [-0.25, -0.2) is 9.37 Å². The summed E-state index contributed by atoms with van der Waals surface area (Å²) in [6, 6.07) is 6.99. The molecular formula is C28H26Cl2FN7O. The molecule has 0 spiro atoms. The van der Waals surface area contributed by atoms with Crippen LogP contribution in [0.4, 0.5) is 10.2 Å². The van der Waals surface area contributed by atoms with Crippen molar-refractivity contribution in [3.8, 4) is 23.1 Å². The number of halogens is 3. The van der Waals surface area contributed by atoms with Gasteiger partial charge in [0.2, 0.25) is 0 Å². The number of hydrogen-bond acceptors (Lipinski definition) is 7. The molecule has 0 amide bonds. The molecular weight excluding hydrogens is 540 g/mol. The summed E-state index contributed by atoms with van der Waals surface area (Å²) in [6.07, 6.45) is 6.48. The SMILES string of the molecule is C[C@@H](Oc1cc2c(-c3cnc(N4CC(C)(N5CCCC5)C4)c(C#N)c3)n[nH]c2cc1F)c1c(Cl)cncc1Cl. The number of anilines is 1. The van der Waals surface area contributed by atoms with E-state index in [1.54, 1.807) is 25.3 Å². The van der Waals surface area contributed by atoms with E-state index < -0.39 is 11.9 Å². The monoisotopic (exact) mass is 565 g/mol. The molecule has 6 rings (SSSR count). The number of aromatic nitrogens is 4. The van der Waals surface area contributed by atoms with Gasteiger partial charge in [-0.2, -0.15) is 10.4 Å². The molecule has 2 saturated heterocycles. The molecule has 2 fully saturated rings. The van der Waals surface area contributed by atoms with Crippen molar-refractivity contribution in [2.75, 3.05) is 31.1 Å². The number of ether oxygens (including phenoxy) is 1. The molecule has 1 aromatic carbocycles. The molecule has 1 N–H and O–H groups in total. The van der Waals surface area contributed by atoms with Crippen molar-refractivity contribution in [1.82, 2.24) is 25.1 Å². The summed E-state index contributed by atoms with van der Waals surface area (Å²) in [7, 11) is 0. The smallest absolute Gasteiger partial charge is 0.167 e. The Morgan fingerprint density at radius 2 is 1.85 bits per heavy atom. The average molecular weight is 566 g/mol. The molecule has 200 valence electrons. The summed E-state index contributed by atoms with van der Waals surface area (Å²) in [4.78, 5) is 13.3. The van der Waals surface area contributed by atoms with E-state index in [4.69, 9.17) is 27.9 Å². The molecule has 0 saturated carbocycles. The minimum atomic E-state index is -0.635. The van der Waals surface area contributed by atoms with Gasteiger partial charge in [-0.15, -0.1) is 0 Å². The number of benzene rings is 1. The predicted octanol–water partition coefficient (Wildman–Crippen LogP) is 6.15. The maximum atomic E-state index is 15.0. The van der Waals surface area contributed by atoms with Gasteiger partial charge in [0.05, 0.1) is 26.7 Å². The lowest BCUT2D eigenvalue weighted by atomic mass is 9.89. The lowest BCUT2D eigenvalue weighted by Crippen LogP contribution is -2.68. The summed E-state index contributed by atoms with van der Waals surface area (Å²) in [6.45, 7) is 7.94. The highest BCUT2D eigenvalue weighted by atomic mass is 35.5. The Bertz CT molecular complexity index is 1590. The van der Waals surface area contributed by atoms with Gasteiger partial charge in [-0.1, -0.05) is 23.2 Å². The number of aromatic amines is 1. The highest BCUT2D eigenvalue weighted by Gasteiger charge is 2.45. The summed E-state index contributed by atoms with van der Waals surface area (Å²) >= 11 is 12.5. The number of rotatable bonds is 6. The normalized spacial score (nSPS) is 17.7. The Balaban J connectivity index is 1.28. The molecule has 1 atom stereocenters. The van der Waals surface area contributed by atoms with Crippen molar-refractivity contribution in [2.24, 2.45) is 0 Å². The van der Waals surface area contributed by atoms with Crippen molar-refractivity contribution in [3.05, 3.63) is 63.8 Å². The molecule has 5 heterocycles. The first-order valence-electron chi connectivity index (χ1n) is 12.8. The zero-order chi connectivity index (χ0) is 27.3. The van der Waals surface area contributed by atoms with Gasteiger partial charge in [0, 0.05) is 54.3 Å². The van der Waals surface area contributed by atoms with Crippen LogP contribution in [-0.2, 0) is 0 Å². The molecule has 2 aliphatic rings. The van der Waals surface area contributed by atoms with Crippen LogP contribution in [0.5, 0.6) is 5.75 Å². The standard InChI is InChI=1S/C28H26Cl2FN7O/c1-16(25-20(29)12-33-13-21(25)30)39-24-8-19-23(9-22(24)31)35-36-26(19)18-7-17(10-32)27(34-11-18)37-14-28(2,15-37)38-5-3-4-6-38/h7-9,11-13,16H,3-6,14-15H2,1-2H3,(H,35,36)/t16-/m1/s1. The Kier molecular flexibility index (Phi) is 6.58. The largest absolute Gasteiger partial charge is 0.483 e.